The minimum atomic E-state index is -4.70. The standard InChI is InChI=1S/C15H20F4N2/c1-14(2)7-3-4-10(14)13(21-20)9-5-6-12(16)11(8-9)15(17,18)19/h5-6,8,10,13,21H,3-4,7,20H2,1-2H3. The van der Waals surface area contributed by atoms with E-state index in [1.54, 1.807) is 0 Å². The van der Waals surface area contributed by atoms with Gasteiger partial charge in [-0.05, 0) is 41.9 Å². The molecule has 6 heteroatoms. The minimum absolute atomic E-state index is 0.0101. The largest absolute Gasteiger partial charge is 0.419 e. The maximum atomic E-state index is 13.4. The topological polar surface area (TPSA) is 38.0 Å². The first kappa shape index (κ1) is 16.2. The van der Waals surface area contributed by atoms with Crippen molar-refractivity contribution in [1.29, 1.82) is 0 Å². The number of alkyl halides is 3. The van der Waals surface area contributed by atoms with Crippen LogP contribution in [0, 0.1) is 17.2 Å². The average Bonchev–Trinajstić information content (AvgIpc) is 2.71. The summed E-state index contributed by atoms with van der Waals surface area (Å²) < 4.78 is 51.9. The van der Waals surface area contributed by atoms with Crippen molar-refractivity contribution < 1.29 is 17.6 Å². The van der Waals surface area contributed by atoms with Gasteiger partial charge in [0.1, 0.15) is 5.82 Å². The van der Waals surface area contributed by atoms with Crippen LogP contribution in [-0.2, 0) is 6.18 Å². The quantitative estimate of drug-likeness (QED) is 0.499. The van der Waals surface area contributed by atoms with E-state index in [1.165, 1.54) is 6.07 Å². The Hall–Kier alpha value is -1.14. The Labute approximate surface area is 121 Å². The molecule has 1 aliphatic carbocycles. The Bertz CT molecular complexity index is 511. The lowest BCUT2D eigenvalue weighted by Gasteiger charge is -2.34. The highest BCUT2D eigenvalue weighted by molar-refractivity contribution is 5.30. The molecule has 1 aliphatic rings. The van der Waals surface area contributed by atoms with Gasteiger partial charge in [-0.1, -0.05) is 26.3 Å². The second-order valence-corrected chi connectivity index (χ2v) is 6.37. The number of hydrogen-bond acceptors (Lipinski definition) is 2. The second-order valence-electron chi connectivity index (χ2n) is 6.37. The number of nitrogens with two attached hydrogens (primary N) is 1. The first-order valence-corrected chi connectivity index (χ1v) is 6.99. The molecular weight excluding hydrogens is 284 g/mol. The lowest BCUT2D eigenvalue weighted by Crippen LogP contribution is -2.38. The SMILES string of the molecule is CC1(C)CCCC1C(NN)c1ccc(F)c(C(F)(F)F)c1. The Balaban J connectivity index is 2.40. The molecule has 0 aromatic heterocycles. The third kappa shape index (κ3) is 3.21. The fraction of sp³-hybridized carbons (Fsp3) is 0.600. The second kappa shape index (κ2) is 5.57. The van der Waals surface area contributed by atoms with Gasteiger partial charge in [0.05, 0.1) is 5.56 Å². The molecule has 2 unspecified atom stereocenters. The van der Waals surface area contributed by atoms with Gasteiger partial charge >= 0.3 is 6.18 Å². The van der Waals surface area contributed by atoms with Crippen molar-refractivity contribution in [3.63, 3.8) is 0 Å². The third-order valence-electron chi connectivity index (χ3n) is 4.58. The van der Waals surface area contributed by atoms with E-state index >= 15 is 0 Å². The molecule has 2 rings (SSSR count). The van der Waals surface area contributed by atoms with E-state index in [0.717, 1.165) is 31.4 Å². The van der Waals surface area contributed by atoms with Crippen LogP contribution in [0.1, 0.15) is 50.3 Å². The van der Waals surface area contributed by atoms with E-state index in [2.05, 4.69) is 19.3 Å². The van der Waals surface area contributed by atoms with Gasteiger partial charge in [-0.15, -0.1) is 0 Å². The first-order chi connectivity index (χ1) is 9.66. The molecule has 0 heterocycles. The highest BCUT2D eigenvalue weighted by Gasteiger charge is 2.41. The summed E-state index contributed by atoms with van der Waals surface area (Å²) >= 11 is 0. The lowest BCUT2D eigenvalue weighted by molar-refractivity contribution is -0.140. The van der Waals surface area contributed by atoms with Gasteiger partial charge in [0, 0.05) is 6.04 Å². The van der Waals surface area contributed by atoms with Crippen LogP contribution in [0.2, 0.25) is 0 Å². The molecule has 0 bridgehead atoms. The molecule has 0 aliphatic heterocycles. The van der Waals surface area contributed by atoms with Crippen molar-refractivity contribution >= 4 is 0 Å². The number of hydrazine groups is 1. The van der Waals surface area contributed by atoms with Gasteiger partial charge in [-0.2, -0.15) is 13.2 Å². The molecule has 2 atom stereocenters. The summed E-state index contributed by atoms with van der Waals surface area (Å²) in [6.45, 7) is 4.17. The first-order valence-electron chi connectivity index (χ1n) is 6.99. The van der Waals surface area contributed by atoms with Crippen LogP contribution < -0.4 is 11.3 Å². The summed E-state index contributed by atoms with van der Waals surface area (Å²) in [5.74, 6) is 4.44. The molecule has 0 amide bonds. The summed E-state index contributed by atoms with van der Waals surface area (Å²) in [6.07, 6.45) is -1.79. The van der Waals surface area contributed by atoms with Crippen molar-refractivity contribution in [3.05, 3.63) is 35.1 Å². The van der Waals surface area contributed by atoms with E-state index in [9.17, 15) is 17.6 Å². The molecule has 0 saturated heterocycles. The van der Waals surface area contributed by atoms with Crippen LogP contribution in [0.3, 0.4) is 0 Å². The average molecular weight is 304 g/mol. The lowest BCUT2D eigenvalue weighted by atomic mass is 9.75. The van der Waals surface area contributed by atoms with E-state index in [0.29, 0.717) is 5.56 Å². The van der Waals surface area contributed by atoms with Crippen LogP contribution in [0.5, 0.6) is 0 Å². The van der Waals surface area contributed by atoms with Crippen LogP contribution in [0.4, 0.5) is 17.6 Å². The van der Waals surface area contributed by atoms with Gasteiger partial charge in [-0.25, -0.2) is 4.39 Å². The minimum Gasteiger partial charge on any atom is -0.271 e. The van der Waals surface area contributed by atoms with Gasteiger partial charge in [0.2, 0.25) is 0 Å². The zero-order valence-corrected chi connectivity index (χ0v) is 12.1. The van der Waals surface area contributed by atoms with Crippen LogP contribution >= 0.6 is 0 Å². The Morgan fingerprint density at radius 2 is 2.00 bits per heavy atom. The predicted molar refractivity (Wildman–Crippen MR) is 72.6 cm³/mol. The van der Waals surface area contributed by atoms with Crippen LogP contribution in [-0.4, -0.2) is 0 Å². The molecular formula is C15H20F4N2. The van der Waals surface area contributed by atoms with Crippen LogP contribution in [0.25, 0.3) is 0 Å². The van der Waals surface area contributed by atoms with Gasteiger partial charge in [0.15, 0.2) is 0 Å². The van der Waals surface area contributed by atoms with Gasteiger partial charge in [-0.3, -0.25) is 11.3 Å². The predicted octanol–water partition coefficient (Wildman–Crippen LogP) is 4.18. The highest BCUT2D eigenvalue weighted by Crippen LogP contribution is 2.48. The maximum Gasteiger partial charge on any atom is 0.419 e. The fourth-order valence-corrected chi connectivity index (χ4v) is 3.37. The Morgan fingerprint density at radius 3 is 2.48 bits per heavy atom. The molecule has 21 heavy (non-hydrogen) atoms. The third-order valence-corrected chi connectivity index (χ3v) is 4.58. The zero-order valence-electron chi connectivity index (χ0n) is 12.1. The molecule has 1 saturated carbocycles. The highest BCUT2D eigenvalue weighted by atomic mass is 19.4. The molecule has 0 spiro atoms. The van der Waals surface area contributed by atoms with Crippen molar-refractivity contribution in [2.24, 2.45) is 17.2 Å². The smallest absolute Gasteiger partial charge is 0.271 e. The molecule has 3 N–H and O–H groups in total. The fourth-order valence-electron chi connectivity index (χ4n) is 3.37. The Kier molecular flexibility index (Phi) is 4.31. The maximum absolute atomic E-state index is 13.4. The van der Waals surface area contributed by atoms with Crippen molar-refractivity contribution in [3.8, 4) is 0 Å². The molecule has 0 radical (unpaired) electrons. The molecule has 2 nitrogen and oxygen atoms in total. The number of hydrogen-bond donors (Lipinski definition) is 2. The molecule has 1 fully saturated rings. The molecule has 1 aromatic rings. The monoisotopic (exact) mass is 304 g/mol. The van der Waals surface area contributed by atoms with Crippen LogP contribution in [0.15, 0.2) is 18.2 Å². The molecule has 118 valence electrons. The van der Waals surface area contributed by atoms with Crippen molar-refractivity contribution in [2.75, 3.05) is 0 Å². The van der Waals surface area contributed by atoms with E-state index in [-0.39, 0.29) is 11.3 Å². The van der Waals surface area contributed by atoms with E-state index in [4.69, 9.17) is 5.84 Å². The summed E-state index contributed by atoms with van der Waals surface area (Å²) in [6, 6.07) is 2.70. The van der Waals surface area contributed by atoms with Crippen molar-refractivity contribution in [2.45, 2.75) is 45.3 Å². The van der Waals surface area contributed by atoms with E-state index in [1.807, 2.05) is 0 Å². The molecule has 1 aromatic carbocycles. The zero-order chi connectivity index (χ0) is 15.8. The van der Waals surface area contributed by atoms with Gasteiger partial charge < -0.3 is 0 Å². The summed E-state index contributed by atoms with van der Waals surface area (Å²) in [5.41, 5.74) is 1.76. The summed E-state index contributed by atoms with van der Waals surface area (Å²) in [4.78, 5) is 0. The van der Waals surface area contributed by atoms with Gasteiger partial charge in [0.25, 0.3) is 0 Å². The van der Waals surface area contributed by atoms with E-state index < -0.39 is 23.6 Å². The summed E-state index contributed by atoms with van der Waals surface area (Å²) in [5, 5.41) is 0. The van der Waals surface area contributed by atoms with Crippen molar-refractivity contribution in [1.82, 2.24) is 5.43 Å². The number of rotatable bonds is 3. The summed E-state index contributed by atoms with van der Waals surface area (Å²) in [7, 11) is 0. The number of halogens is 4. The number of nitrogens with one attached hydrogen (secondary N) is 1. The number of benzene rings is 1. The normalized spacial score (nSPS) is 23.3. The Morgan fingerprint density at radius 1 is 1.33 bits per heavy atom.